The Hall–Kier alpha value is -3.53. The topological polar surface area (TPSA) is 44.5 Å². The number of hydrogen-bond acceptors (Lipinski definition) is 4. The standard InChI is InChI=1S/C27H27NO3/c1-19(2)15-16-30-25-12-9-20(17-26(25)29-3)10-14-27-28-23-18-22(11-13-24(23)31-27)21-7-5-4-6-8-21/h4-14,17-19H,15-16H2,1-3H3. The van der Waals surface area contributed by atoms with E-state index in [1.807, 2.05) is 54.6 Å². The van der Waals surface area contributed by atoms with E-state index in [1.54, 1.807) is 7.11 Å². The minimum Gasteiger partial charge on any atom is -0.493 e. The molecule has 0 saturated carbocycles. The summed E-state index contributed by atoms with van der Waals surface area (Å²) < 4.78 is 17.2. The Balaban J connectivity index is 1.51. The van der Waals surface area contributed by atoms with Crippen molar-refractivity contribution in [2.24, 2.45) is 5.92 Å². The third-order valence-corrected chi connectivity index (χ3v) is 5.07. The molecule has 0 spiro atoms. The van der Waals surface area contributed by atoms with Crippen molar-refractivity contribution in [2.45, 2.75) is 20.3 Å². The summed E-state index contributed by atoms with van der Waals surface area (Å²) in [4.78, 5) is 4.62. The zero-order valence-corrected chi connectivity index (χ0v) is 18.2. The number of benzene rings is 3. The highest BCUT2D eigenvalue weighted by Crippen LogP contribution is 2.30. The smallest absolute Gasteiger partial charge is 0.220 e. The first-order valence-electron chi connectivity index (χ1n) is 10.6. The Kier molecular flexibility index (Phi) is 6.37. The molecule has 4 nitrogen and oxygen atoms in total. The minimum atomic E-state index is 0.566. The van der Waals surface area contributed by atoms with Crippen LogP contribution in [0.2, 0.25) is 0 Å². The molecule has 0 aliphatic carbocycles. The Morgan fingerprint density at radius 3 is 2.52 bits per heavy atom. The third kappa shape index (κ3) is 5.15. The monoisotopic (exact) mass is 413 g/mol. The van der Waals surface area contributed by atoms with Gasteiger partial charge in [-0.1, -0.05) is 56.3 Å². The molecule has 4 heteroatoms. The van der Waals surface area contributed by atoms with Gasteiger partial charge in [-0.05, 0) is 59.4 Å². The third-order valence-electron chi connectivity index (χ3n) is 5.07. The lowest BCUT2D eigenvalue weighted by Gasteiger charge is -2.12. The predicted octanol–water partition coefficient (Wildman–Crippen LogP) is 7.10. The lowest BCUT2D eigenvalue weighted by molar-refractivity contribution is 0.273. The first-order chi connectivity index (χ1) is 15.1. The zero-order valence-electron chi connectivity index (χ0n) is 18.2. The summed E-state index contributed by atoms with van der Waals surface area (Å²) in [5.74, 6) is 2.65. The van der Waals surface area contributed by atoms with Gasteiger partial charge in [0.1, 0.15) is 5.52 Å². The Labute approximate surface area is 183 Å². The summed E-state index contributed by atoms with van der Waals surface area (Å²) in [6.07, 6.45) is 4.84. The van der Waals surface area contributed by atoms with E-state index in [0.29, 0.717) is 18.4 Å². The maximum Gasteiger partial charge on any atom is 0.220 e. The average Bonchev–Trinajstić information content (AvgIpc) is 3.20. The lowest BCUT2D eigenvalue weighted by atomic mass is 10.1. The Morgan fingerprint density at radius 2 is 1.74 bits per heavy atom. The van der Waals surface area contributed by atoms with E-state index in [4.69, 9.17) is 13.9 Å². The fourth-order valence-corrected chi connectivity index (χ4v) is 3.31. The van der Waals surface area contributed by atoms with Crippen LogP contribution in [-0.2, 0) is 0 Å². The largest absolute Gasteiger partial charge is 0.493 e. The number of methoxy groups -OCH3 is 1. The molecule has 3 aromatic carbocycles. The molecule has 31 heavy (non-hydrogen) atoms. The van der Waals surface area contributed by atoms with E-state index >= 15 is 0 Å². The molecule has 0 fully saturated rings. The molecule has 0 N–H and O–H groups in total. The minimum absolute atomic E-state index is 0.566. The first kappa shape index (κ1) is 20.7. The van der Waals surface area contributed by atoms with Gasteiger partial charge in [-0.2, -0.15) is 0 Å². The molecule has 0 aliphatic heterocycles. The van der Waals surface area contributed by atoms with E-state index in [-0.39, 0.29) is 0 Å². The van der Waals surface area contributed by atoms with Gasteiger partial charge in [0.25, 0.3) is 0 Å². The second kappa shape index (κ2) is 9.52. The fraction of sp³-hybridized carbons (Fsp3) is 0.222. The van der Waals surface area contributed by atoms with Crippen LogP contribution in [0.3, 0.4) is 0 Å². The van der Waals surface area contributed by atoms with Gasteiger partial charge in [0.05, 0.1) is 13.7 Å². The van der Waals surface area contributed by atoms with Gasteiger partial charge in [-0.15, -0.1) is 0 Å². The Bertz CT molecular complexity index is 1180. The molecule has 0 atom stereocenters. The molecule has 158 valence electrons. The van der Waals surface area contributed by atoms with Crippen LogP contribution >= 0.6 is 0 Å². The average molecular weight is 414 g/mol. The molecular weight excluding hydrogens is 386 g/mol. The van der Waals surface area contributed by atoms with Crippen LogP contribution in [0.4, 0.5) is 0 Å². The van der Waals surface area contributed by atoms with Crippen molar-refractivity contribution in [3.05, 3.63) is 78.2 Å². The second-order valence-electron chi connectivity index (χ2n) is 7.88. The second-order valence-corrected chi connectivity index (χ2v) is 7.88. The first-order valence-corrected chi connectivity index (χ1v) is 10.6. The molecule has 1 aromatic heterocycles. The van der Waals surface area contributed by atoms with Crippen molar-refractivity contribution < 1.29 is 13.9 Å². The molecule has 4 aromatic rings. The van der Waals surface area contributed by atoms with E-state index in [1.165, 1.54) is 0 Å². The van der Waals surface area contributed by atoms with Crippen LogP contribution in [0.1, 0.15) is 31.7 Å². The van der Waals surface area contributed by atoms with Crippen LogP contribution in [0.5, 0.6) is 11.5 Å². The summed E-state index contributed by atoms with van der Waals surface area (Å²) in [6, 6.07) is 22.2. The summed E-state index contributed by atoms with van der Waals surface area (Å²) in [5.41, 5.74) is 4.88. The highest BCUT2D eigenvalue weighted by Gasteiger charge is 2.08. The van der Waals surface area contributed by atoms with Crippen LogP contribution < -0.4 is 9.47 Å². The number of rotatable bonds is 8. The molecule has 0 amide bonds. The van der Waals surface area contributed by atoms with E-state index in [9.17, 15) is 0 Å². The number of oxazole rings is 1. The van der Waals surface area contributed by atoms with E-state index in [2.05, 4.69) is 43.1 Å². The van der Waals surface area contributed by atoms with Crippen LogP contribution in [0.25, 0.3) is 34.4 Å². The number of ether oxygens (including phenoxy) is 2. The zero-order chi connectivity index (χ0) is 21.6. The molecule has 0 saturated heterocycles. The maximum atomic E-state index is 5.88. The number of hydrogen-bond donors (Lipinski definition) is 0. The van der Waals surface area contributed by atoms with Gasteiger partial charge in [-0.3, -0.25) is 0 Å². The predicted molar refractivity (Wildman–Crippen MR) is 126 cm³/mol. The molecule has 0 aliphatic rings. The van der Waals surface area contributed by atoms with Crippen molar-refractivity contribution in [1.29, 1.82) is 0 Å². The molecular formula is C27H27NO3. The molecule has 0 bridgehead atoms. The van der Waals surface area contributed by atoms with Gasteiger partial charge in [-0.25, -0.2) is 4.98 Å². The molecule has 0 radical (unpaired) electrons. The lowest BCUT2D eigenvalue weighted by Crippen LogP contribution is -2.02. The summed E-state index contributed by atoms with van der Waals surface area (Å²) in [7, 11) is 1.66. The number of fused-ring (bicyclic) bond motifs is 1. The van der Waals surface area contributed by atoms with Crippen molar-refractivity contribution in [1.82, 2.24) is 4.98 Å². The summed E-state index contributed by atoms with van der Waals surface area (Å²) in [5, 5.41) is 0. The van der Waals surface area contributed by atoms with Gasteiger partial charge in [0, 0.05) is 6.08 Å². The quantitative estimate of drug-likeness (QED) is 0.309. The van der Waals surface area contributed by atoms with Crippen LogP contribution in [0, 0.1) is 5.92 Å². The summed E-state index contributed by atoms with van der Waals surface area (Å²) in [6.45, 7) is 5.04. The van der Waals surface area contributed by atoms with Crippen molar-refractivity contribution >= 4 is 23.3 Å². The maximum absolute atomic E-state index is 5.88. The van der Waals surface area contributed by atoms with Crippen molar-refractivity contribution in [3.63, 3.8) is 0 Å². The van der Waals surface area contributed by atoms with Crippen LogP contribution in [0.15, 0.2) is 71.1 Å². The van der Waals surface area contributed by atoms with E-state index in [0.717, 1.165) is 45.7 Å². The molecule has 1 heterocycles. The van der Waals surface area contributed by atoms with Gasteiger partial charge in [0.15, 0.2) is 17.1 Å². The number of aromatic nitrogens is 1. The van der Waals surface area contributed by atoms with Crippen molar-refractivity contribution in [2.75, 3.05) is 13.7 Å². The molecule has 4 rings (SSSR count). The molecule has 0 unspecified atom stereocenters. The fourth-order valence-electron chi connectivity index (χ4n) is 3.31. The van der Waals surface area contributed by atoms with Gasteiger partial charge >= 0.3 is 0 Å². The number of nitrogens with zero attached hydrogens (tertiary/aromatic N) is 1. The van der Waals surface area contributed by atoms with E-state index < -0.39 is 0 Å². The summed E-state index contributed by atoms with van der Waals surface area (Å²) >= 11 is 0. The SMILES string of the molecule is COc1cc(C=Cc2nc3cc(-c4ccccc4)ccc3o2)ccc1OCCC(C)C. The highest BCUT2D eigenvalue weighted by atomic mass is 16.5. The Morgan fingerprint density at radius 1 is 0.903 bits per heavy atom. The van der Waals surface area contributed by atoms with Crippen LogP contribution in [-0.4, -0.2) is 18.7 Å². The normalized spacial score (nSPS) is 11.5. The van der Waals surface area contributed by atoms with Gasteiger partial charge in [0.2, 0.25) is 5.89 Å². The van der Waals surface area contributed by atoms with Gasteiger partial charge < -0.3 is 13.9 Å². The highest BCUT2D eigenvalue weighted by molar-refractivity contribution is 5.82. The van der Waals surface area contributed by atoms with Crippen molar-refractivity contribution in [3.8, 4) is 22.6 Å².